The van der Waals surface area contributed by atoms with E-state index in [1.807, 2.05) is 67.8 Å². The predicted octanol–water partition coefficient (Wildman–Crippen LogP) is 4.03. The van der Waals surface area contributed by atoms with Gasteiger partial charge in [-0.3, -0.25) is 14.4 Å². The summed E-state index contributed by atoms with van der Waals surface area (Å²) >= 11 is 6.00. The molecule has 0 bridgehead atoms. The number of halogens is 3. The van der Waals surface area contributed by atoms with Crippen LogP contribution in [0.4, 0.5) is 5.69 Å². The Bertz CT molecular complexity index is 1520. The van der Waals surface area contributed by atoms with Crippen LogP contribution in [0.15, 0.2) is 0 Å². The molecule has 314 valence electrons. The average molecular weight is 1130 g/mol. The third-order valence-corrected chi connectivity index (χ3v) is 12.2. The van der Waals surface area contributed by atoms with Crippen molar-refractivity contribution in [1.29, 1.82) is 0 Å². The van der Waals surface area contributed by atoms with E-state index in [0.717, 1.165) is 0 Å². The number of hydrogen-bond acceptors (Lipinski definition) is 13. The predicted molar refractivity (Wildman–Crippen MR) is 223 cm³/mol. The molecular formula is C36H50I3N3O14. The summed E-state index contributed by atoms with van der Waals surface area (Å²) in [5, 5.41) is 11.8. The van der Waals surface area contributed by atoms with Crippen LogP contribution < -0.4 is 5.32 Å². The molecule has 4 saturated heterocycles. The molecule has 3 amide bonds. The molecule has 1 aromatic carbocycles. The second-order valence-electron chi connectivity index (χ2n) is 15.7. The molecule has 2 N–H and O–H groups in total. The van der Waals surface area contributed by atoms with Crippen LogP contribution in [-0.2, 0) is 52.2 Å². The first-order chi connectivity index (χ1) is 25.9. The Balaban J connectivity index is 1.57. The second kappa shape index (κ2) is 18.3. The highest BCUT2D eigenvalue weighted by Crippen LogP contribution is 2.38. The number of benzene rings is 1. The van der Waals surface area contributed by atoms with E-state index in [0.29, 0.717) is 10.7 Å². The molecule has 4 heterocycles. The van der Waals surface area contributed by atoms with Gasteiger partial charge in [0.25, 0.3) is 11.8 Å². The number of hydrogen-bond donors (Lipinski definition) is 2. The number of anilines is 1. The fourth-order valence-electron chi connectivity index (χ4n) is 6.75. The number of carbonyl (C=O) groups excluding carboxylic acids is 3. The van der Waals surface area contributed by atoms with Crippen molar-refractivity contribution >= 4 is 97.2 Å². The van der Waals surface area contributed by atoms with Crippen molar-refractivity contribution in [3.63, 3.8) is 0 Å². The van der Waals surface area contributed by atoms with E-state index in [1.54, 1.807) is 65.2 Å². The van der Waals surface area contributed by atoms with Crippen molar-refractivity contribution in [2.24, 2.45) is 0 Å². The van der Waals surface area contributed by atoms with Crippen LogP contribution in [0.2, 0.25) is 0 Å². The van der Waals surface area contributed by atoms with Crippen LogP contribution >= 0.6 is 67.8 Å². The van der Waals surface area contributed by atoms with Gasteiger partial charge in [-0.25, -0.2) is 4.79 Å². The maximum absolute atomic E-state index is 15.0. The molecule has 20 heteroatoms. The fraction of sp³-hybridized carbons (Fsp3) is 0.722. The normalized spacial score (nSPS) is 26.0. The Hall–Kier alpha value is -1.07. The third-order valence-electron chi connectivity index (χ3n) is 9.01. The van der Waals surface area contributed by atoms with Gasteiger partial charge < -0.3 is 62.9 Å². The standard InChI is InChI=1S/C36H50I3N3O14/c1-33(2)49-13-19(53-33)9-41(10-20-14-50-34(3,4)54-20)31(46)25-27(37)26(29(39)30(28(25)38)40-23(43)17-48-18-24(44)45)32(47)42(11-21-15-51-35(5,6)55-21)12-22-16-52-36(7,8)56-22/h19-22H,9-18H2,1-8H3,(H,40,43)(H,44,45). The Kier molecular flexibility index (Phi) is 15.0. The van der Waals surface area contributed by atoms with Gasteiger partial charge in [0.2, 0.25) is 5.91 Å². The van der Waals surface area contributed by atoms with Gasteiger partial charge >= 0.3 is 5.97 Å². The monoisotopic (exact) mass is 1130 g/mol. The minimum absolute atomic E-state index is 0.129. The number of amides is 3. The largest absolute Gasteiger partial charge is 0.480 e. The maximum atomic E-state index is 15.0. The lowest BCUT2D eigenvalue weighted by Crippen LogP contribution is -2.46. The number of carboxylic acids is 1. The molecule has 17 nitrogen and oxygen atoms in total. The van der Waals surface area contributed by atoms with Crippen molar-refractivity contribution in [1.82, 2.24) is 9.80 Å². The zero-order valence-corrected chi connectivity index (χ0v) is 39.1. The van der Waals surface area contributed by atoms with E-state index >= 15 is 9.59 Å². The Labute approximate surface area is 367 Å². The number of nitrogens with one attached hydrogen (secondary N) is 1. The highest BCUT2D eigenvalue weighted by molar-refractivity contribution is 14.1. The van der Waals surface area contributed by atoms with E-state index in [4.69, 9.17) is 47.7 Å². The first-order valence-electron chi connectivity index (χ1n) is 18.1. The second-order valence-corrected chi connectivity index (χ2v) is 19.0. The molecule has 0 radical (unpaired) electrons. The number of nitrogens with zero attached hydrogens (tertiary/aromatic N) is 2. The molecule has 1 aromatic rings. The van der Waals surface area contributed by atoms with Crippen molar-refractivity contribution in [3.8, 4) is 0 Å². The van der Waals surface area contributed by atoms with Crippen molar-refractivity contribution in [3.05, 3.63) is 21.8 Å². The lowest BCUT2D eigenvalue weighted by molar-refractivity contribution is -0.144. The van der Waals surface area contributed by atoms with Crippen molar-refractivity contribution in [2.45, 2.75) is 103 Å². The zero-order chi connectivity index (χ0) is 41.4. The molecule has 5 rings (SSSR count). The molecule has 0 aromatic heterocycles. The van der Waals surface area contributed by atoms with Crippen molar-refractivity contribution < 1.29 is 66.9 Å². The number of carbonyl (C=O) groups is 4. The summed E-state index contributed by atoms with van der Waals surface area (Å²) < 4.78 is 53.9. The molecule has 0 aliphatic carbocycles. The molecule has 0 spiro atoms. The quantitative estimate of drug-likeness (QED) is 0.240. The maximum Gasteiger partial charge on any atom is 0.329 e. The minimum Gasteiger partial charge on any atom is -0.480 e. The van der Waals surface area contributed by atoms with Gasteiger partial charge in [-0.05, 0) is 123 Å². The summed E-state index contributed by atoms with van der Waals surface area (Å²) in [6.45, 7) is 14.6. The summed E-state index contributed by atoms with van der Waals surface area (Å²) in [6, 6.07) is 0. The molecule has 4 fully saturated rings. The van der Waals surface area contributed by atoms with Crippen LogP contribution in [0.5, 0.6) is 0 Å². The summed E-state index contributed by atoms with van der Waals surface area (Å²) in [6.07, 6.45) is -1.88. The number of rotatable bonds is 15. The zero-order valence-electron chi connectivity index (χ0n) is 32.7. The molecule has 0 saturated carbocycles. The Morgan fingerprint density at radius 2 is 0.929 bits per heavy atom. The lowest BCUT2D eigenvalue weighted by Gasteiger charge is -2.31. The van der Waals surface area contributed by atoms with Gasteiger partial charge in [-0.15, -0.1) is 0 Å². The van der Waals surface area contributed by atoms with Crippen LogP contribution in [0.1, 0.15) is 76.1 Å². The summed E-state index contributed by atoms with van der Waals surface area (Å²) in [5.74, 6) is -6.21. The topological polar surface area (TPSA) is 190 Å². The van der Waals surface area contributed by atoms with Crippen LogP contribution in [-0.4, -0.2) is 152 Å². The average Bonchev–Trinajstić information content (AvgIpc) is 3.82. The van der Waals surface area contributed by atoms with Gasteiger partial charge in [0.05, 0.1) is 50.4 Å². The summed E-state index contributed by atoms with van der Waals surface area (Å²) in [4.78, 5) is 57.6. The summed E-state index contributed by atoms with van der Waals surface area (Å²) in [5.41, 5.74) is 0.515. The van der Waals surface area contributed by atoms with E-state index in [2.05, 4.69) is 5.32 Å². The highest BCUT2D eigenvalue weighted by atomic mass is 127. The highest BCUT2D eigenvalue weighted by Gasteiger charge is 2.42. The molecule has 56 heavy (non-hydrogen) atoms. The van der Waals surface area contributed by atoms with E-state index in [1.165, 1.54) is 0 Å². The molecule has 4 atom stereocenters. The van der Waals surface area contributed by atoms with Crippen LogP contribution in [0.25, 0.3) is 0 Å². The fourth-order valence-corrected chi connectivity index (χ4v) is 11.1. The van der Waals surface area contributed by atoms with E-state index < -0.39 is 84.5 Å². The number of ether oxygens (including phenoxy) is 9. The van der Waals surface area contributed by atoms with Gasteiger partial charge in [-0.1, -0.05) is 0 Å². The van der Waals surface area contributed by atoms with Gasteiger partial charge in [0.15, 0.2) is 23.1 Å². The van der Waals surface area contributed by atoms with E-state index in [9.17, 15) is 9.59 Å². The van der Waals surface area contributed by atoms with Crippen molar-refractivity contribution in [2.75, 3.05) is 71.1 Å². The third kappa shape index (κ3) is 12.0. The Morgan fingerprint density at radius 3 is 1.20 bits per heavy atom. The molecular weight excluding hydrogens is 1080 g/mol. The molecule has 4 unspecified atom stereocenters. The SMILES string of the molecule is CC1(C)OCC(CN(CC2COC(C)(C)O2)C(=O)c2c(I)c(NC(=O)COCC(=O)O)c(I)c(C(=O)N(CC3COC(C)(C)O3)CC3COC(C)(C)O3)c2I)O1. The number of aliphatic carboxylic acids is 1. The minimum atomic E-state index is -1.24. The molecule has 4 aliphatic heterocycles. The molecule has 4 aliphatic rings. The van der Waals surface area contributed by atoms with Gasteiger partial charge in [0, 0.05) is 29.7 Å². The van der Waals surface area contributed by atoms with Crippen LogP contribution in [0.3, 0.4) is 0 Å². The van der Waals surface area contributed by atoms with E-state index in [-0.39, 0.29) is 69.4 Å². The Morgan fingerprint density at radius 1 is 0.607 bits per heavy atom. The lowest BCUT2D eigenvalue weighted by atomic mass is 10.0. The first kappa shape index (κ1) is 46.0. The summed E-state index contributed by atoms with van der Waals surface area (Å²) in [7, 11) is 0. The first-order valence-corrected chi connectivity index (χ1v) is 21.3. The number of carboxylic acid groups (broad SMARTS) is 1. The van der Waals surface area contributed by atoms with Gasteiger partial charge in [0.1, 0.15) is 37.6 Å². The smallest absolute Gasteiger partial charge is 0.329 e. The van der Waals surface area contributed by atoms with Gasteiger partial charge in [-0.2, -0.15) is 0 Å². The van der Waals surface area contributed by atoms with Crippen LogP contribution in [0, 0.1) is 10.7 Å².